The second kappa shape index (κ2) is 9.61. The van der Waals surface area contributed by atoms with Gasteiger partial charge in [-0.3, -0.25) is 0 Å². The molecule has 0 aliphatic heterocycles. The SMILES string of the molecule is FC(F)(F)c1ccc(-n2nccc2[C]2[CH][CH][CH][CH]2)cc1.[CH]1[CH][CH][CH][CH]1.[Fe+2]. The summed E-state index contributed by atoms with van der Waals surface area (Å²) in [7, 11) is 0. The van der Waals surface area contributed by atoms with E-state index in [1.165, 1.54) is 12.1 Å². The molecular weight excluding hydrogens is 381 g/mol. The van der Waals surface area contributed by atoms with Crippen molar-refractivity contribution < 1.29 is 30.2 Å². The monoisotopic (exact) mass is 396 g/mol. The molecule has 0 N–H and O–H groups in total. The van der Waals surface area contributed by atoms with Crippen LogP contribution in [0.2, 0.25) is 0 Å². The minimum Gasteiger partial charge on any atom is -0.237 e. The molecule has 1 aromatic heterocycles. The average molecular weight is 396 g/mol. The van der Waals surface area contributed by atoms with E-state index >= 15 is 0 Å². The first-order valence-corrected chi connectivity index (χ1v) is 7.66. The van der Waals surface area contributed by atoms with Crippen LogP contribution in [-0.4, -0.2) is 9.78 Å². The van der Waals surface area contributed by atoms with E-state index in [-0.39, 0.29) is 17.1 Å². The number of rotatable bonds is 2. The van der Waals surface area contributed by atoms with Crippen molar-refractivity contribution in [2.24, 2.45) is 0 Å². The molecule has 2 aromatic rings. The summed E-state index contributed by atoms with van der Waals surface area (Å²) in [5, 5.41) is 4.17. The largest absolute Gasteiger partial charge is 2.00 e. The first-order chi connectivity index (χ1) is 12.1. The van der Waals surface area contributed by atoms with Crippen LogP contribution in [0.1, 0.15) is 11.3 Å². The van der Waals surface area contributed by atoms with Gasteiger partial charge in [-0.2, -0.15) is 18.3 Å². The number of alkyl halides is 3. The van der Waals surface area contributed by atoms with Gasteiger partial charge in [0.1, 0.15) is 0 Å². The first kappa shape index (κ1) is 21.0. The fourth-order valence-electron chi connectivity index (χ4n) is 2.38. The van der Waals surface area contributed by atoms with Crippen LogP contribution in [0.25, 0.3) is 5.69 Å². The molecule has 0 bridgehead atoms. The molecular formula is C20H15F3FeN2+2. The number of hydrogen-bond acceptors (Lipinski definition) is 1. The maximum absolute atomic E-state index is 12.5. The van der Waals surface area contributed by atoms with Crippen molar-refractivity contribution in [3.8, 4) is 5.69 Å². The third kappa shape index (κ3) is 5.37. The van der Waals surface area contributed by atoms with Gasteiger partial charge in [0.2, 0.25) is 0 Å². The Morgan fingerprint density at radius 3 is 1.77 bits per heavy atom. The standard InChI is InChI=1S/C15H10F3N2.C5H5.Fe/c16-15(17,18)12-5-7-13(8-6-12)20-14(9-10-19-20)11-3-1-2-4-11;1-2-4-5-3-1;/h1-10H;1-5H;/q;;+2. The van der Waals surface area contributed by atoms with Crippen molar-refractivity contribution >= 4 is 0 Å². The molecule has 2 aliphatic rings. The number of aromatic nitrogens is 2. The van der Waals surface area contributed by atoms with E-state index in [0.717, 1.165) is 23.7 Å². The quantitative estimate of drug-likeness (QED) is 0.676. The molecule has 0 unspecified atom stereocenters. The Kier molecular flexibility index (Phi) is 7.78. The van der Waals surface area contributed by atoms with Gasteiger partial charge in [0, 0.05) is 12.1 Å². The van der Waals surface area contributed by atoms with Gasteiger partial charge in [-0.05, 0) is 88.1 Å². The second-order valence-corrected chi connectivity index (χ2v) is 5.31. The summed E-state index contributed by atoms with van der Waals surface area (Å²) in [6, 6.07) is 6.79. The number of hydrogen-bond donors (Lipinski definition) is 0. The molecule has 4 rings (SSSR count). The molecule has 132 valence electrons. The van der Waals surface area contributed by atoms with Gasteiger partial charge in [0.15, 0.2) is 0 Å². The summed E-state index contributed by atoms with van der Waals surface area (Å²) >= 11 is 0. The van der Waals surface area contributed by atoms with Crippen LogP contribution >= 0.6 is 0 Å². The van der Waals surface area contributed by atoms with Crippen LogP contribution in [-0.2, 0) is 23.2 Å². The zero-order chi connectivity index (χ0) is 17.7. The predicted octanol–water partition coefficient (Wildman–Crippen LogP) is 4.66. The minimum atomic E-state index is -4.32. The van der Waals surface area contributed by atoms with Crippen LogP contribution in [0.15, 0.2) is 36.5 Å². The Labute approximate surface area is 163 Å². The number of benzene rings is 1. The summed E-state index contributed by atoms with van der Waals surface area (Å²) in [4.78, 5) is 0. The zero-order valence-corrected chi connectivity index (χ0v) is 14.6. The maximum Gasteiger partial charge on any atom is 2.00 e. The molecule has 2 fully saturated rings. The molecule has 0 spiro atoms. The van der Waals surface area contributed by atoms with E-state index in [1.54, 1.807) is 10.9 Å². The van der Waals surface area contributed by atoms with Crippen molar-refractivity contribution in [3.63, 3.8) is 0 Å². The Bertz CT molecular complexity index is 647. The van der Waals surface area contributed by atoms with Crippen molar-refractivity contribution in [2.75, 3.05) is 0 Å². The van der Waals surface area contributed by atoms with Crippen LogP contribution < -0.4 is 0 Å². The average Bonchev–Trinajstić information content (AvgIpc) is 3.37. The van der Waals surface area contributed by atoms with Crippen LogP contribution in [0, 0.1) is 63.7 Å². The van der Waals surface area contributed by atoms with Crippen LogP contribution in [0.4, 0.5) is 13.2 Å². The molecule has 1 heterocycles. The number of nitrogens with zero attached hydrogens (tertiary/aromatic N) is 2. The van der Waals surface area contributed by atoms with Crippen molar-refractivity contribution in [3.05, 3.63) is 111 Å². The normalized spacial score (nSPS) is 17.5. The minimum absolute atomic E-state index is 0. The summed E-state index contributed by atoms with van der Waals surface area (Å²) < 4.78 is 39.2. The molecule has 26 heavy (non-hydrogen) atoms. The first-order valence-electron chi connectivity index (χ1n) is 7.66. The smallest absolute Gasteiger partial charge is 0.237 e. The third-order valence-corrected chi connectivity index (χ3v) is 3.60. The Balaban J connectivity index is 0.000000351. The van der Waals surface area contributed by atoms with Crippen LogP contribution in [0.5, 0.6) is 0 Å². The molecule has 2 nitrogen and oxygen atoms in total. The van der Waals surface area contributed by atoms with Gasteiger partial charge in [0.25, 0.3) is 0 Å². The van der Waals surface area contributed by atoms with E-state index < -0.39 is 11.7 Å². The molecule has 0 atom stereocenters. The van der Waals surface area contributed by atoms with Gasteiger partial charge >= 0.3 is 23.2 Å². The molecule has 0 saturated heterocycles. The van der Waals surface area contributed by atoms with Crippen LogP contribution in [0.3, 0.4) is 0 Å². The maximum atomic E-state index is 12.5. The van der Waals surface area contributed by atoms with Gasteiger partial charge in [-0.25, -0.2) is 4.68 Å². The molecule has 1 aromatic carbocycles. The third-order valence-electron chi connectivity index (χ3n) is 3.60. The van der Waals surface area contributed by atoms with E-state index in [4.69, 9.17) is 0 Å². The van der Waals surface area contributed by atoms with Gasteiger partial charge in [-0.15, -0.1) is 0 Å². The van der Waals surface area contributed by atoms with E-state index in [9.17, 15) is 13.2 Å². The van der Waals surface area contributed by atoms with Crippen molar-refractivity contribution in [1.29, 1.82) is 0 Å². The van der Waals surface area contributed by atoms with Gasteiger partial charge in [-0.1, -0.05) is 0 Å². The fourth-order valence-corrected chi connectivity index (χ4v) is 2.38. The number of halogens is 3. The zero-order valence-electron chi connectivity index (χ0n) is 13.5. The second-order valence-electron chi connectivity index (χ2n) is 5.31. The van der Waals surface area contributed by atoms with Gasteiger partial charge in [0.05, 0.1) is 16.9 Å². The Morgan fingerprint density at radius 2 is 1.27 bits per heavy atom. The molecule has 10 radical (unpaired) electrons. The molecule has 6 heteroatoms. The Hall–Kier alpha value is -1.26. The van der Waals surface area contributed by atoms with E-state index in [2.05, 4.69) is 5.10 Å². The van der Waals surface area contributed by atoms with Gasteiger partial charge < -0.3 is 0 Å². The Morgan fingerprint density at radius 1 is 0.731 bits per heavy atom. The summed E-state index contributed by atoms with van der Waals surface area (Å²) in [5.74, 6) is 0.974. The topological polar surface area (TPSA) is 17.8 Å². The van der Waals surface area contributed by atoms with E-state index in [0.29, 0.717) is 5.69 Å². The molecule has 2 aliphatic carbocycles. The van der Waals surface area contributed by atoms with Crippen molar-refractivity contribution in [1.82, 2.24) is 9.78 Å². The summed E-state index contributed by atoms with van der Waals surface area (Å²) in [6.45, 7) is 0. The van der Waals surface area contributed by atoms with E-state index in [1.807, 2.05) is 63.9 Å². The fraction of sp³-hybridized carbons (Fsp3) is 0.0500. The molecule has 2 saturated carbocycles. The molecule has 0 amide bonds. The summed E-state index contributed by atoms with van der Waals surface area (Å²) in [5.41, 5.74) is 0.775. The summed E-state index contributed by atoms with van der Waals surface area (Å²) in [6.07, 6.45) is 15.0. The van der Waals surface area contributed by atoms with Crippen molar-refractivity contribution in [2.45, 2.75) is 6.18 Å². The predicted molar refractivity (Wildman–Crippen MR) is 89.6 cm³/mol.